The van der Waals surface area contributed by atoms with Crippen molar-refractivity contribution in [2.45, 2.75) is 270 Å². The van der Waals surface area contributed by atoms with Crippen molar-refractivity contribution < 1.29 is 42.7 Å². The zero-order valence-corrected chi connectivity index (χ0v) is 41.8. The summed E-state index contributed by atoms with van der Waals surface area (Å²) in [6.45, 7) is 3.92. The summed E-state index contributed by atoms with van der Waals surface area (Å²) in [7, 11) is -4.62. The Morgan fingerprint density at radius 2 is 0.873 bits per heavy atom. The van der Waals surface area contributed by atoms with E-state index in [0.29, 0.717) is 6.61 Å². The lowest BCUT2D eigenvalue weighted by molar-refractivity contribution is -0.154. The highest BCUT2D eigenvalue weighted by Crippen LogP contribution is 2.43. The predicted molar refractivity (Wildman–Crippen MR) is 263 cm³/mol. The quantitative estimate of drug-likeness (QED) is 0.0232. The number of ether oxygens (including phenoxy) is 2. The molecule has 0 aliphatic carbocycles. The first-order valence-electron chi connectivity index (χ1n) is 26.4. The minimum absolute atomic E-state index is 0.0195. The van der Waals surface area contributed by atoms with Gasteiger partial charge in [0.05, 0.1) is 19.8 Å². The number of aliphatic carboxylic acids is 1. The highest BCUT2D eigenvalue weighted by molar-refractivity contribution is 7.47. The fraction of sp³-hybridized carbons (Fsp3) is 0.885. The second-order valence-corrected chi connectivity index (χ2v) is 19.5. The van der Waals surface area contributed by atoms with Crippen LogP contribution < -0.4 is 5.73 Å². The van der Waals surface area contributed by atoms with E-state index >= 15 is 0 Å². The van der Waals surface area contributed by atoms with Crippen LogP contribution in [0.1, 0.15) is 258 Å². The fourth-order valence-electron chi connectivity index (χ4n) is 7.64. The summed E-state index contributed by atoms with van der Waals surface area (Å²) in [5, 5.41) is 8.93. The molecule has 0 aromatic heterocycles. The maximum absolute atomic E-state index is 12.7. The third kappa shape index (κ3) is 48.2. The van der Waals surface area contributed by atoms with Crippen LogP contribution in [0, 0.1) is 0 Å². The van der Waals surface area contributed by atoms with Gasteiger partial charge in [0.15, 0.2) is 0 Å². The van der Waals surface area contributed by atoms with E-state index in [0.717, 1.165) is 44.9 Å². The first-order chi connectivity index (χ1) is 30.7. The Hall–Kier alpha value is -1.55. The molecule has 0 aromatic carbocycles. The highest BCUT2D eigenvalue weighted by Gasteiger charge is 2.27. The van der Waals surface area contributed by atoms with Gasteiger partial charge in [-0.3, -0.25) is 18.6 Å². The maximum Gasteiger partial charge on any atom is 0.472 e. The minimum atomic E-state index is -4.62. The topological polar surface area (TPSA) is 155 Å². The molecule has 3 unspecified atom stereocenters. The number of unbranched alkanes of at least 4 members (excludes halogenated alkanes) is 33. The fourth-order valence-corrected chi connectivity index (χ4v) is 8.42. The first kappa shape index (κ1) is 61.5. The van der Waals surface area contributed by atoms with Gasteiger partial charge in [-0.25, -0.2) is 4.57 Å². The van der Waals surface area contributed by atoms with E-state index < -0.39 is 45.1 Å². The number of carboxylic acid groups (broad SMARTS) is 1. The van der Waals surface area contributed by atoms with Gasteiger partial charge in [0.1, 0.15) is 12.1 Å². The van der Waals surface area contributed by atoms with Crippen LogP contribution in [0.2, 0.25) is 0 Å². The van der Waals surface area contributed by atoms with Crippen LogP contribution in [0.3, 0.4) is 0 Å². The number of carbonyl (C=O) groups excluding carboxylic acids is 1. The van der Waals surface area contributed by atoms with Crippen molar-refractivity contribution in [1.29, 1.82) is 0 Å². The van der Waals surface area contributed by atoms with Gasteiger partial charge in [-0.05, 0) is 44.9 Å². The smallest absolute Gasteiger partial charge is 0.472 e. The van der Waals surface area contributed by atoms with Crippen molar-refractivity contribution in [2.24, 2.45) is 5.73 Å². The molecule has 0 heterocycles. The molecule has 0 saturated heterocycles. The molecular formula is C52H100NO9P. The summed E-state index contributed by atoms with van der Waals surface area (Å²) in [6.07, 6.45) is 55.2. The number of carboxylic acids is 1. The predicted octanol–water partition coefficient (Wildman–Crippen LogP) is 15.4. The van der Waals surface area contributed by atoms with Crippen LogP contribution >= 0.6 is 7.82 Å². The van der Waals surface area contributed by atoms with Crippen molar-refractivity contribution >= 4 is 19.8 Å². The van der Waals surface area contributed by atoms with Crippen molar-refractivity contribution in [1.82, 2.24) is 0 Å². The average molecular weight is 914 g/mol. The number of esters is 1. The number of phosphoric ester groups is 1. The Morgan fingerprint density at radius 1 is 0.508 bits per heavy atom. The normalized spacial score (nSPS) is 13.8. The van der Waals surface area contributed by atoms with E-state index in [4.69, 9.17) is 29.4 Å². The van der Waals surface area contributed by atoms with Gasteiger partial charge in [0.25, 0.3) is 0 Å². The molecule has 0 aromatic rings. The third-order valence-corrected chi connectivity index (χ3v) is 12.7. The van der Waals surface area contributed by atoms with Gasteiger partial charge < -0.3 is 25.2 Å². The molecule has 0 fully saturated rings. The molecule has 63 heavy (non-hydrogen) atoms. The van der Waals surface area contributed by atoms with Crippen LogP contribution in [0.4, 0.5) is 0 Å². The Kier molecular flexibility index (Phi) is 47.2. The summed E-state index contributed by atoms with van der Waals surface area (Å²) < 4.78 is 33.5. The van der Waals surface area contributed by atoms with E-state index in [9.17, 15) is 19.0 Å². The Bertz CT molecular complexity index is 1100. The zero-order valence-electron chi connectivity index (χ0n) is 40.9. The maximum atomic E-state index is 12.7. The van der Waals surface area contributed by atoms with Crippen LogP contribution in [0.15, 0.2) is 24.3 Å². The number of carbonyl (C=O) groups is 2. The van der Waals surface area contributed by atoms with Crippen LogP contribution in [-0.4, -0.2) is 60.5 Å². The largest absolute Gasteiger partial charge is 0.480 e. The zero-order chi connectivity index (χ0) is 46.2. The van der Waals surface area contributed by atoms with Crippen molar-refractivity contribution in [2.75, 3.05) is 26.4 Å². The Morgan fingerprint density at radius 3 is 1.29 bits per heavy atom. The number of nitrogens with two attached hydrogens (primary N) is 1. The van der Waals surface area contributed by atoms with Crippen molar-refractivity contribution in [3.63, 3.8) is 0 Å². The molecule has 11 heteroatoms. The monoisotopic (exact) mass is 914 g/mol. The average Bonchev–Trinajstić information content (AvgIpc) is 3.26. The molecular weight excluding hydrogens is 814 g/mol. The molecule has 0 aliphatic heterocycles. The summed E-state index contributed by atoms with van der Waals surface area (Å²) in [5.74, 6) is -1.77. The van der Waals surface area contributed by atoms with E-state index in [1.165, 1.54) is 193 Å². The molecule has 4 N–H and O–H groups in total. The SMILES string of the molecule is CCCCCCC/C=C\C/C=C\CCCCCCCCCCCCOCC(COP(=O)(O)OCC(N)C(=O)O)OC(=O)CCCCCCCCCCCCCCCCCCCCC. The van der Waals surface area contributed by atoms with E-state index in [1.54, 1.807) is 0 Å². The number of allylic oxidation sites excluding steroid dienone is 4. The van der Waals surface area contributed by atoms with Gasteiger partial charge >= 0.3 is 19.8 Å². The molecule has 10 nitrogen and oxygen atoms in total. The van der Waals surface area contributed by atoms with E-state index in [2.05, 4.69) is 38.2 Å². The number of phosphoric acid groups is 1. The number of rotatable bonds is 51. The second-order valence-electron chi connectivity index (χ2n) is 18.0. The molecule has 3 atom stereocenters. The molecule has 0 rings (SSSR count). The Labute approximate surface area is 387 Å². The molecule has 372 valence electrons. The summed E-state index contributed by atoms with van der Waals surface area (Å²) in [4.78, 5) is 33.7. The molecule has 0 radical (unpaired) electrons. The molecule has 0 aliphatic rings. The number of hydrogen-bond acceptors (Lipinski definition) is 8. The van der Waals surface area contributed by atoms with Gasteiger partial charge in [-0.2, -0.15) is 0 Å². The number of hydrogen-bond donors (Lipinski definition) is 3. The second kappa shape index (κ2) is 48.4. The van der Waals surface area contributed by atoms with E-state index in [1.807, 2.05) is 0 Å². The minimum Gasteiger partial charge on any atom is -0.480 e. The summed E-state index contributed by atoms with van der Waals surface area (Å²) in [6, 6.07) is -1.47. The lowest BCUT2D eigenvalue weighted by Gasteiger charge is -2.20. The van der Waals surface area contributed by atoms with Crippen molar-refractivity contribution in [3.05, 3.63) is 24.3 Å². The van der Waals surface area contributed by atoms with Crippen LogP contribution in [-0.2, 0) is 32.7 Å². The third-order valence-electron chi connectivity index (χ3n) is 11.7. The van der Waals surface area contributed by atoms with Crippen LogP contribution in [0.5, 0.6) is 0 Å². The van der Waals surface area contributed by atoms with Gasteiger partial charge in [0.2, 0.25) is 0 Å². The molecule has 0 saturated carbocycles. The van der Waals surface area contributed by atoms with Crippen molar-refractivity contribution in [3.8, 4) is 0 Å². The van der Waals surface area contributed by atoms with E-state index in [-0.39, 0.29) is 13.0 Å². The van der Waals surface area contributed by atoms with Gasteiger partial charge in [-0.15, -0.1) is 0 Å². The lowest BCUT2D eigenvalue weighted by Crippen LogP contribution is -2.34. The van der Waals surface area contributed by atoms with Gasteiger partial charge in [-0.1, -0.05) is 231 Å². The standard InChI is InChI=1S/C52H100NO9P/c1-3-5-7-9-11-13-15-17-19-21-23-24-25-27-29-31-33-35-37-39-41-43-45-59-46-49(47-60-63(57,58)61-48-50(53)52(55)56)62-51(54)44-42-40-38-36-34-32-30-28-26-22-20-18-16-14-12-10-8-6-4-2/h15,17,21,23,49-50H,3-14,16,18-20,22,24-48,53H2,1-2H3,(H,55,56)(H,57,58)/b17-15-,23-21-. The summed E-state index contributed by atoms with van der Waals surface area (Å²) >= 11 is 0. The molecule has 0 bridgehead atoms. The summed E-state index contributed by atoms with van der Waals surface area (Å²) in [5.41, 5.74) is 5.38. The Balaban J connectivity index is 4.10. The lowest BCUT2D eigenvalue weighted by atomic mass is 10.0. The molecule has 0 spiro atoms. The first-order valence-corrected chi connectivity index (χ1v) is 27.9. The van der Waals surface area contributed by atoms with Crippen LogP contribution in [0.25, 0.3) is 0 Å². The molecule has 0 amide bonds. The van der Waals surface area contributed by atoms with Gasteiger partial charge in [0, 0.05) is 13.0 Å². The highest BCUT2D eigenvalue weighted by atomic mass is 31.2.